The van der Waals surface area contributed by atoms with Crippen LogP contribution in [-0.4, -0.2) is 22.7 Å². The van der Waals surface area contributed by atoms with Gasteiger partial charge in [0.25, 0.3) is 0 Å². The van der Waals surface area contributed by atoms with Gasteiger partial charge in [-0.3, -0.25) is 19.3 Å². The van der Waals surface area contributed by atoms with Crippen molar-refractivity contribution in [3.63, 3.8) is 0 Å². The molecule has 5 heteroatoms. The van der Waals surface area contributed by atoms with Crippen LogP contribution in [0.15, 0.2) is 35.6 Å². The van der Waals surface area contributed by atoms with Gasteiger partial charge in [0.05, 0.1) is 11.6 Å². The van der Waals surface area contributed by atoms with E-state index in [0.29, 0.717) is 12.1 Å². The number of Topliss-reactive ketones (excluding diaryl/α,β-unsaturated/α-hetero) is 1. The Morgan fingerprint density at radius 3 is 2.29 bits per heavy atom. The molecule has 1 saturated heterocycles. The van der Waals surface area contributed by atoms with E-state index in [-0.39, 0.29) is 41.3 Å². The number of carbonyl (C=O) groups is 3. The summed E-state index contributed by atoms with van der Waals surface area (Å²) >= 11 is 0. The van der Waals surface area contributed by atoms with Crippen molar-refractivity contribution in [2.24, 2.45) is 11.3 Å². The third kappa shape index (κ3) is 2.75. The molecule has 0 radical (unpaired) electrons. The summed E-state index contributed by atoms with van der Waals surface area (Å²) in [6.45, 7) is 5.72. The van der Waals surface area contributed by atoms with Crippen molar-refractivity contribution in [3.05, 3.63) is 41.2 Å². The van der Waals surface area contributed by atoms with Crippen LogP contribution in [0.1, 0.15) is 38.7 Å². The van der Waals surface area contributed by atoms with Crippen molar-refractivity contribution in [1.29, 1.82) is 0 Å². The van der Waals surface area contributed by atoms with Crippen LogP contribution in [0, 0.1) is 18.3 Å². The van der Waals surface area contributed by atoms with Crippen LogP contribution in [0.3, 0.4) is 0 Å². The highest BCUT2D eigenvalue weighted by Gasteiger charge is 2.46. The van der Waals surface area contributed by atoms with E-state index in [4.69, 9.17) is 0 Å². The van der Waals surface area contributed by atoms with Gasteiger partial charge < -0.3 is 5.11 Å². The number of rotatable bonds is 2. The van der Waals surface area contributed by atoms with Crippen LogP contribution in [0.2, 0.25) is 0 Å². The largest absolute Gasteiger partial charge is 0.512 e. The molecule has 1 N–H and O–H groups in total. The number of aliphatic hydroxyl groups excluding tert-OH is 1. The topological polar surface area (TPSA) is 74.7 Å². The first-order valence-electron chi connectivity index (χ1n) is 8.08. The molecule has 1 aliphatic carbocycles. The number of aliphatic hydroxyl groups is 1. The third-order valence-electron chi connectivity index (χ3n) is 4.68. The number of hydrogen-bond donors (Lipinski definition) is 1. The number of aryl methyl sites for hydroxylation is 1. The zero-order valence-electron chi connectivity index (χ0n) is 14.1. The highest BCUT2D eigenvalue weighted by atomic mass is 16.3. The summed E-state index contributed by atoms with van der Waals surface area (Å²) in [6, 6.07) is 7.09. The molecule has 3 rings (SSSR count). The molecular formula is C19H21NO4. The first-order valence-corrected chi connectivity index (χ1v) is 8.08. The van der Waals surface area contributed by atoms with Crippen molar-refractivity contribution < 1.29 is 19.5 Å². The summed E-state index contributed by atoms with van der Waals surface area (Å²) in [5.74, 6) is -1.93. The Labute approximate surface area is 141 Å². The maximum atomic E-state index is 12.8. The molecule has 1 heterocycles. The predicted molar refractivity (Wildman–Crippen MR) is 89.5 cm³/mol. The quantitative estimate of drug-likeness (QED) is 0.847. The Balaban J connectivity index is 1.94. The molecule has 126 valence electrons. The number of carbonyl (C=O) groups excluding carboxylic acids is 3. The van der Waals surface area contributed by atoms with Gasteiger partial charge in [-0.15, -0.1) is 0 Å². The lowest BCUT2D eigenvalue weighted by Crippen LogP contribution is -2.34. The minimum atomic E-state index is -0.873. The summed E-state index contributed by atoms with van der Waals surface area (Å²) in [7, 11) is 0. The van der Waals surface area contributed by atoms with Gasteiger partial charge in [0.1, 0.15) is 5.76 Å². The number of amides is 2. The van der Waals surface area contributed by atoms with E-state index < -0.39 is 11.8 Å². The van der Waals surface area contributed by atoms with E-state index in [9.17, 15) is 19.5 Å². The molecule has 1 fully saturated rings. The molecule has 0 saturated carbocycles. The van der Waals surface area contributed by atoms with Crippen LogP contribution in [0.4, 0.5) is 5.69 Å². The van der Waals surface area contributed by atoms with Crippen LogP contribution >= 0.6 is 0 Å². The van der Waals surface area contributed by atoms with Crippen molar-refractivity contribution in [2.75, 3.05) is 4.90 Å². The average molecular weight is 327 g/mol. The summed E-state index contributed by atoms with van der Waals surface area (Å²) in [4.78, 5) is 38.7. The Morgan fingerprint density at radius 2 is 1.71 bits per heavy atom. The van der Waals surface area contributed by atoms with Gasteiger partial charge in [-0.05, 0) is 24.5 Å². The van der Waals surface area contributed by atoms with E-state index in [1.165, 1.54) is 0 Å². The number of imide groups is 1. The SMILES string of the molecule is Cc1ccc(N2C(=O)C[C@@H](C3=C(O)CC(C)(C)CC3=O)C2=O)cc1. The summed E-state index contributed by atoms with van der Waals surface area (Å²) in [6.07, 6.45) is 0.545. The summed E-state index contributed by atoms with van der Waals surface area (Å²) in [5.41, 5.74) is 1.33. The van der Waals surface area contributed by atoms with Gasteiger partial charge in [0, 0.05) is 24.8 Å². The number of benzene rings is 1. The third-order valence-corrected chi connectivity index (χ3v) is 4.68. The predicted octanol–water partition coefficient (Wildman–Crippen LogP) is 3.08. The van der Waals surface area contributed by atoms with Crippen LogP contribution in [0.5, 0.6) is 0 Å². The fourth-order valence-corrected chi connectivity index (χ4v) is 3.52. The van der Waals surface area contributed by atoms with E-state index in [0.717, 1.165) is 10.5 Å². The van der Waals surface area contributed by atoms with Gasteiger partial charge in [-0.25, -0.2) is 0 Å². The number of hydrogen-bond acceptors (Lipinski definition) is 4. The number of ketones is 1. The lowest BCUT2D eigenvalue weighted by molar-refractivity contribution is -0.124. The summed E-state index contributed by atoms with van der Waals surface area (Å²) < 4.78 is 0. The molecular weight excluding hydrogens is 306 g/mol. The first-order chi connectivity index (χ1) is 11.2. The number of allylic oxidation sites excluding steroid dienone is 1. The Hall–Kier alpha value is -2.43. The molecule has 0 aromatic heterocycles. The Morgan fingerprint density at radius 1 is 1.08 bits per heavy atom. The molecule has 2 amide bonds. The van der Waals surface area contributed by atoms with Gasteiger partial charge in [-0.1, -0.05) is 31.5 Å². The second-order valence-electron chi connectivity index (χ2n) is 7.46. The zero-order valence-corrected chi connectivity index (χ0v) is 14.1. The Bertz CT molecular complexity index is 758. The van der Waals surface area contributed by atoms with Crippen LogP contribution < -0.4 is 4.90 Å². The minimum absolute atomic E-state index is 0.0480. The van der Waals surface area contributed by atoms with Gasteiger partial charge >= 0.3 is 0 Å². The molecule has 0 spiro atoms. The molecule has 1 aromatic rings. The van der Waals surface area contributed by atoms with Crippen LogP contribution in [-0.2, 0) is 14.4 Å². The van der Waals surface area contributed by atoms with E-state index in [2.05, 4.69) is 0 Å². The summed E-state index contributed by atoms with van der Waals surface area (Å²) in [5, 5.41) is 10.3. The molecule has 24 heavy (non-hydrogen) atoms. The number of anilines is 1. The van der Waals surface area contributed by atoms with Crippen molar-refractivity contribution in [1.82, 2.24) is 0 Å². The van der Waals surface area contributed by atoms with Gasteiger partial charge in [0.2, 0.25) is 11.8 Å². The second kappa shape index (κ2) is 5.58. The fourth-order valence-electron chi connectivity index (χ4n) is 3.52. The second-order valence-corrected chi connectivity index (χ2v) is 7.46. The average Bonchev–Trinajstić information content (AvgIpc) is 2.73. The van der Waals surface area contributed by atoms with Gasteiger partial charge in [0.15, 0.2) is 5.78 Å². The smallest absolute Gasteiger partial charge is 0.242 e. The van der Waals surface area contributed by atoms with Crippen LogP contribution in [0.25, 0.3) is 0 Å². The fraction of sp³-hybridized carbons (Fsp3) is 0.421. The van der Waals surface area contributed by atoms with Crippen molar-refractivity contribution >= 4 is 23.3 Å². The van der Waals surface area contributed by atoms with Crippen molar-refractivity contribution in [2.45, 2.75) is 40.0 Å². The molecule has 1 aliphatic heterocycles. The lowest BCUT2D eigenvalue weighted by Gasteiger charge is -2.30. The normalized spacial score (nSPS) is 24.0. The zero-order chi connectivity index (χ0) is 17.6. The van der Waals surface area contributed by atoms with Gasteiger partial charge in [-0.2, -0.15) is 0 Å². The molecule has 0 unspecified atom stereocenters. The maximum absolute atomic E-state index is 12.8. The number of nitrogens with zero attached hydrogens (tertiary/aromatic N) is 1. The standard InChI is InChI=1S/C19H21NO4/c1-11-4-6-12(7-5-11)20-16(23)8-13(18(20)24)17-14(21)9-19(2,3)10-15(17)22/h4-7,13,21H,8-10H2,1-3H3/t13-/m0/s1. The molecule has 1 atom stereocenters. The highest BCUT2D eigenvalue weighted by molar-refractivity contribution is 6.24. The van der Waals surface area contributed by atoms with E-state index in [1.807, 2.05) is 32.9 Å². The van der Waals surface area contributed by atoms with Crippen molar-refractivity contribution in [3.8, 4) is 0 Å². The molecule has 0 bridgehead atoms. The first kappa shape index (κ1) is 16.4. The van der Waals surface area contributed by atoms with E-state index in [1.54, 1.807) is 12.1 Å². The lowest BCUT2D eigenvalue weighted by atomic mass is 9.73. The minimum Gasteiger partial charge on any atom is -0.512 e. The maximum Gasteiger partial charge on any atom is 0.242 e. The molecule has 5 nitrogen and oxygen atoms in total. The molecule has 2 aliphatic rings. The molecule has 1 aromatic carbocycles. The monoisotopic (exact) mass is 327 g/mol. The Kier molecular flexibility index (Phi) is 3.82. The van der Waals surface area contributed by atoms with E-state index >= 15 is 0 Å². The highest BCUT2D eigenvalue weighted by Crippen LogP contribution is 2.41.